The summed E-state index contributed by atoms with van der Waals surface area (Å²) in [5.41, 5.74) is 1.43. The van der Waals surface area contributed by atoms with Gasteiger partial charge in [0, 0.05) is 25.6 Å². The molecule has 1 aliphatic heterocycles. The van der Waals surface area contributed by atoms with E-state index in [1.807, 2.05) is 6.07 Å². The van der Waals surface area contributed by atoms with Crippen molar-refractivity contribution in [3.8, 4) is 11.5 Å². The summed E-state index contributed by atoms with van der Waals surface area (Å²) in [7, 11) is 3.08. The number of nitrogens with one attached hydrogen (secondary N) is 1. The Bertz CT molecular complexity index is 871. The van der Waals surface area contributed by atoms with E-state index in [9.17, 15) is 14.0 Å². The van der Waals surface area contributed by atoms with Crippen LogP contribution in [0.5, 0.6) is 11.5 Å². The average molecular weight is 386 g/mol. The molecule has 1 atom stereocenters. The summed E-state index contributed by atoms with van der Waals surface area (Å²) in [5, 5.41) is 2.84. The number of hydrogen-bond donors (Lipinski definition) is 1. The molecule has 6 nitrogen and oxygen atoms in total. The molecule has 0 aromatic heterocycles. The van der Waals surface area contributed by atoms with E-state index in [0.717, 1.165) is 5.56 Å². The van der Waals surface area contributed by atoms with Crippen LogP contribution in [0.4, 0.5) is 10.1 Å². The zero-order valence-electron chi connectivity index (χ0n) is 15.9. The largest absolute Gasteiger partial charge is 0.497 e. The van der Waals surface area contributed by atoms with Crippen molar-refractivity contribution < 1.29 is 23.5 Å². The van der Waals surface area contributed by atoms with Gasteiger partial charge in [-0.1, -0.05) is 12.1 Å². The van der Waals surface area contributed by atoms with Crippen LogP contribution in [0, 0.1) is 11.7 Å². The third kappa shape index (κ3) is 4.42. The molecule has 1 saturated heterocycles. The molecule has 2 aromatic rings. The Morgan fingerprint density at radius 1 is 1.21 bits per heavy atom. The van der Waals surface area contributed by atoms with Gasteiger partial charge in [-0.25, -0.2) is 4.39 Å². The van der Waals surface area contributed by atoms with E-state index in [1.54, 1.807) is 36.3 Å². The predicted octanol–water partition coefficient (Wildman–Crippen LogP) is 2.55. The van der Waals surface area contributed by atoms with E-state index in [-0.39, 0.29) is 30.6 Å². The minimum Gasteiger partial charge on any atom is -0.497 e. The highest BCUT2D eigenvalue weighted by molar-refractivity contribution is 6.01. The van der Waals surface area contributed by atoms with Crippen LogP contribution in [-0.4, -0.2) is 39.1 Å². The summed E-state index contributed by atoms with van der Waals surface area (Å²) in [6.07, 6.45) is 0.668. The molecule has 28 heavy (non-hydrogen) atoms. The standard InChI is InChI=1S/C21H23FN2O4/c1-27-17-6-7-18(19(12-17)28-2)24-13-15(11-20(24)25)21(26)23-9-8-14-4-3-5-16(22)10-14/h3-7,10,12,15H,8-9,11,13H2,1-2H3,(H,23,26). The average Bonchev–Trinajstić information content (AvgIpc) is 3.09. The number of ether oxygens (including phenoxy) is 2. The number of halogens is 1. The van der Waals surface area contributed by atoms with Crippen LogP contribution < -0.4 is 19.7 Å². The molecule has 0 spiro atoms. The molecule has 1 N–H and O–H groups in total. The highest BCUT2D eigenvalue weighted by atomic mass is 19.1. The first-order valence-electron chi connectivity index (χ1n) is 9.06. The van der Waals surface area contributed by atoms with Crippen LogP contribution in [-0.2, 0) is 16.0 Å². The van der Waals surface area contributed by atoms with Crippen LogP contribution in [0.1, 0.15) is 12.0 Å². The summed E-state index contributed by atoms with van der Waals surface area (Å²) in [6, 6.07) is 11.5. The van der Waals surface area contributed by atoms with Crippen molar-refractivity contribution in [2.75, 3.05) is 32.2 Å². The summed E-state index contributed by atoms with van der Waals surface area (Å²) in [4.78, 5) is 26.5. The third-order valence-electron chi connectivity index (χ3n) is 4.78. The highest BCUT2D eigenvalue weighted by Crippen LogP contribution is 2.35. The number of carbonyl (C=O) groups excluding carboxylic acids is 2. The molecule has 2 aromatic carbocycles. The van der Waals surface area contributed by atoms with Crippen LogP contribution >= 0.6 is 0 Å². The molecule has 0 saturated carbocycles. The third-order valence-corrected chi connectivity index (χ3v) is 4.78. The number of amides is 2. The minimum absolute atomic E-state index is 0.131. The molecular formula is C21H23FN2O4. The second-order valence-corrected chi connectivity index (χ2v) is 6.61. The number of nitrogens with zero attached hydrogens (tertiary/aromatic N) is 1. The lowest BCUT2D eigenvalue weighted by Gasteiger charge is -2.20. The Morgan fingerprint density at radius 3 is 2.75 bits per heavy atom. The van der Waals surface area contributed by atoms with Gasteiger partial charge >= 0.3 is 0 Å². The van der Waals surface area contributed by atoms with Crippen molar-refractivity contribution in [3.63, 3.8) is 0 Å². The molecule has 1 unspecified atom stereocenters. The van der Waals surface area contributed by atoms with Crippen molar-refractivity contribution in [1.82, 2.24) is 5.32 Å². The van der Waals surface area contributed by atoms with Crippen molar-refractivity contribution in [1.29, 1.82) is 0 Å². The smallest absolute Gasteiger partial charge is 0.227 e. The Labute approximate surface area is 163 Å². The van der Waals surface area contributed by atoms with Crippen LogP contribution in [0.2, 0.25) is 0 Å². The second kappa shape index (κ2) is 8.73. The topological polar surface area (TPSA) is 67.9 Å². The highest BCUT2D eigenvalue weighted by Gasteiger charge is 2.36. The molecular weight excluding hydrogens is 363 g/mol. The zero-order chi connectivity index (χ0) is 20.1. The SMILES string of the molecule is COc1ccc(N2CC(C(=O)NCCc3cccc(F)c3)CC2=O)c(OC)c1. The predicted molar refractivity (Wildman–Crippen MR) is 103 cm³/mol. The molecule has 1 fully saturated rings. The van der Waals surface area contributed by atoms with Gasteiger partial charge < -0.3 is 19.7 Å². The number of benzene rings is 2. The Hall–Kier alpha value is -3.09. The van der Waals surface area contributed by atoms with E-state index < -0.39 is 5.92 Å². The molecule has 0 bridgehead atoms. The molecule has 148 valence electrons. The number of hydrogen-bond acceptors (Lipinski definition) is 4. The number of anilines is 1. The Kier molecular flexibility index (Phi) is 6.13. The summed E-state index contributed by atoms with van der Waals surface area (Å²) in [6.45, 7) is 0.673. The summed E-state index contributed by atoms with van der Waals surface area (Å²) in [5.74, 6) is 0.0911. The second-order valence-electron chi connectivity index (χ2n) is 6.61. The maximum absolute atomic E-state index is 13.2. The Balaban J connectivity index is 1.60. The lowest BCUT2D eigenvalue weighted by atomic mass is 10.1. The first-order valence-corrected chi connectivity index (χ1v) is 9.06. The van der Waals surface area contributed by atoms with Gasteiger partial charge in [-0.2, -0.15) is 0 Å². The van der Waals surface area contributed by atoms with E-state index >= 15 is 0 Å². The normalized spacial score (nSPS) is 16.2. The minimum atomic E-state index is -0.438. The molecule has 1 heterocycles. The number of methoxy groups -OCH3 is 2. The quantitative estimate of drug-likeness (QED) is 0.794. The molecule has 0 radical (unpaired) electrons. The van der Waals surface area contributed by atoms with Gasteiger partial charge in [0.05, 0.1) is 25.8 Å². The fraction of sp³-hybridized carbons (Fsp3) is 0.333. The monoisotopic (exact) mass is 386 g/mol. The van der Waals surface area contributed by atoms with Gasteiger partial charge in [0.2, 0.25) is 11.8 Å². The van der Waals surface area contributed by atoms with E-state index in [4.69, 9.17) is 9.47 Å². The van der Waals surface area contributed by atoms with Crippen molar-refractivity contribution >= 4 is 17.5 Å². The van der Waals surface area contributed by atoms with Gasteiger partial charge in [-0.15, -0.1) is 0 Å². The number of carbonyl (C=O) groups is 2. The zero-order valence-corrected chi connectivity index (χ0v) is 15.9. The van der Waals surface area contributed by atoms with Gasteiger partial charge in [0.1, 0.15) is 17.3 Å². The first-order chi connectivity index (χ1) is 13.5. The van der Waals surface area contributed by atoms with Crippen LogP contribution in [0.25, 0.3) is 0 Å². The molecule has 0 aliphatic carbocycles. The molecule has 1 aliphatic rings. The molecule has 2 amide bonds. The fourth-order valence-electron chi connectivity index (χ4n) is 3.29. The van der Waals surface area contributed by atoms with E-state index in [0.29, 0.717) is 30.2 Å². The van der Waals surface area contributed by atoms with Gasteiger partial charge in [-0.3, -0.25) is 9.59 Å². The van der Waals surface area contributed by atoms with Crippen LogP contribution in [0.3, 0.4) is 0 Å². The number of rotatable bonds is 7. The lowest BCUT2D eigenvalue weighted by Crippen LogP contribution is -2.34. The van der Waals surface area contributed by atoms with E-state index in [1.165, 1.54) is 19.2 Å². The van der Waals surface area contributed by atoms with Crippen molar-refractivity contribution in [2.45, 2.75) is 12.8 Å². The summed E-state index contributed by atoms with van der Waals surface area (Å²) >= 11 is 0. The van der Waals surface area contributed by atoms with Crippen molar-refractivity contribution in [2.24, 2.45) is 5.92 Å². The maximum atomic E-state index is 13.2. The van der Waals surface area contributed by atoms with Crippen molar-refractivity contribution in [3.05, 3.63) is 53.8 Å². The maximum Gasteiger partial charge on any atom is 0.227 e. The fourth-order valence-corrected chi connectivity index (χ4v) is 3.29. The first kappa shape index (κ1) is 19.7. The van der Waals surface area contributed by atoms with Crippen LogP contribution in [0.15, 0.2) is 42.5 Å². The van der Waals surface area contributed by atoms with Gasteiger partial charge in [0.15, 0.2) is 0 Å². The van der Waals surface area contributed by atoms with Gasteiger partial charge in [-0.05, 0) is 36.2 Å². The van der Waals surface area contributed by atoms with Gasteiger partial charge in [0.25, 0.3) is 0 Å². The molecule has 7 heteroatoms. The summed E-state index contributed by atoms with van der Waals surface area (Å²) < 4.78 is 23.7. The lowest BCUT2D eigenvalue weighted by molar-refractivity contribution is -0.126. The molecule has 3 rings (SSSR count). The van der Waals surface area contributed by atoms with E-state index in [2.05, 4.69) is 5.32 Å². The Morgan fingerprint density at radius 2 is 2.04 bits per heavy atom.